The Labute approximate surface area is 225 Å². The van der Waals surface area contributed by atoms with Crippen molar-refractivity contribution in [1.29, 1.82) is 5.26 Å². The summed E-state index contributed by atoms with van der Waals surface area (Å²) in [4.78, 5) is 19.6. The van der Waals surface area contributed by atoms with Crippen LogP contribution in [0.25, 0.3) is 0 Å². The monoisotopic (exact) mass is 545 g/mol. The number of piperidine rings is 1. The van der Waals surface area contributed by atoms with E-state index < -0.39 is 11.7 Å². The lowest BCUT2D eigenvalue weighted by atomic mass is 10.0. The van der Waals surface area contributed by atoms with Crippen molar-refractivity contribution in [2.24, 2.45) is 11.8 Å². The van der Waals surface area contributed by atoms with Gasteiger partial charge in [0.1, 0.15) is 0 Å². The number of nitrogens with zero attached hydrogens (tertiary/aromatic N) is 4. The lowest BCUT2D eigenvalue weighted by Gasteiger charge is -2.33. The van der Waals surface area contributed by atoms with Gasteiger partial charge in [-0.05, 0) is 67.1 Å². The zero-order valence-corrected chi connectivity index (χ0v) is 21.8. The van der Waals surface area contributed by atoms with Gasteiger partial charge in [0.25, 0.3) is 0 Å². The van der Waals surface area contributed by atoms with Crippen LogP contribution in [0.1, 0.15) is 30.4 Å². The fraction of sp³-hybridized carbons (Fsp3) is 0.500. The Morgan fingerprint density at radius 1 is 1.03 bits per heavy atom. The first-order valence-corrected chi connectivity index (χ1v) is 13.5. The average Bonchev–Trinajstić information content (AvgIpc) is 3.47. The molecule has 5 rings (SSSR count). The van der Waals surface area contributed by atoms with Gasteiger partial charge in [0.15, 0.2) is 0 Å². The molecule has 38 heavy (non-hydrogen) atoms. The van der Waals surface area contributed by atoms with Crippen LogP contribution in [0, 0.1) is 23.2 Å². The van der Waals surface area contributed by atoms with E-state index >= 15 is 0 Å². The number of rotatable bonds is 6. The average molecular weight is 546 g/mol. The summed E-state index contributed by atoms with van der Waals surface area (Å²) in [6, 6.07) is 13.3. The highest BCUT2D eigenvalue weighted by Gasteiger charge is 2.40. The van der Waals surface area contributed by atoms with Gasteiger partial charge in [-0.25, -0.2) is 0 Å². The minimum Gasteiger partial charge on any atom is -0.382 e. The van der Waals surface area contributed by atoms with Crippen molar-refractivity contribution in [2.75, 3.05) is 56.0 Å². The molecule has 0 aliphatic carbocycles. The summed E-state index contributed by atoms with van der Waals surface area (Å²) in [6.07, 6.45) is -2.76. The molecule has 2 atom stereocenters. The molecule has 2 aromatic carbocycles. The number of alkyl halides is 3. The molecule has 0 aromatic heterocycles. The summed E-state index contributed by atoms with van der Waals surface area (Å²) >= 11 is 6.02. The first kappa shape index (κ1) is 26.6. The highest BCUT2D eigenvalue weighted by molar-refractivity contribution is 6.30. The molecule has 10 heteroatoms. The van der Waals surface area contributed by atoms with Crippen molar-refractivity contribution in [3.05, 3.63) is 58.6 Å². The van der Waals surface area contributed by atoms with Crippen LogP contribution in [0.4, 0.5) is 24.5 Å². The molecule has 3 fully saturated rings. The maximum atomic E-state index is 13.3. The van der Waals surface area contributed by atoms with Gasteiger partial charge in [-0.15, -0.1) is 0 Å². The summed E-state index contributed by atoms with van der Waals surface area (Å²) < 4.78 is 39.8. The highest BCUT2D eigenvalue weighted by atomic mass is 35.5. The molecule has 3 aliphatic rings. The van der Waals surface area contributed by atoms with Crippen LogP contribution in [-0.2, 0) is 11.0 Å². The van der Waals surface area contributed by atoms with Gasteiger partial charge in [-0.3, -0.25) is 4.79 Å². The maximum absolute atomic E-state index is 13.3. The zero-order chi connectivity index (χ0) is 26.9. The number of nitriles is 1. The number of hydrogen-bond donors (Lipinski definition) is 1. The Hall–Kier alpha value is -2.96. The molecule has 2 unspecified atom stereocenters. The van der Waals surface area contributed by atoms with E-state index in [1.807, 2.05) is 17.0 Å². The summed E-state index contributed by atoms with van der Waals surface area (Å²) in [5.41, 5.74) is 0.240. The standard InChI is InChI=1S/C28H31ClF3N5O/c29-22-2-5-25(6-3-22)37-17-20-15-35(16-21(20)18-37)10-9-27(38)36-11-7-23(8-12-36)34-24-4-1-19(14-33)26(13-24)28(30,31)32/h1-6,13,20-21,23,34H,7-12,15-18H2. The zero-order valence-electron chi connectivity index (χ0n) is 21.1. The van der Waals surface area contributed by atoms with Gasteiger partial charge in [0.05, 0.1) is 17.2 Å². The second-order valence-corrected chi connectivity index (χ2v) is 11.0. The first-order chi connectivity index (χ1) is 18.2. The predicted molar refractivity (Wildman–Crippen MR) is 141 cm³/mol. The molecule has 1 N–H and O–H groups in total. The Kier molecular flexibility index (Phi) is 7.73. The van der Waals surface area contributed by atoms with E-state index in [9.17, 15) is 18.0 Å². The van der Waals surface area contributed by atoms with Crippen LogP contribution in [-0.4, -0.2) is 67.6 Å². The van der Waals surface area contributed by atoms with E-state index in [-0.39, 0.29) is 17.5 Å². The van der Waals surface area contributed by atoms with Crippen molar-refractivity contribution in [3.8, 4) is 6.07 Å². The van der Waals surface area contributed by atoms with E-state index in [4.69, 9.17) is 16.9 Å². The van der Waals surface area contributed by atoms with E-state index in [0.717, 1.165) is 43.8 Å². The number of nitrogens with one attached hydrogen (secondary N) is 1. The molecule has 0 bridgehead atoms. The maximum Gasteiger partial charge on any atom is 0.417 e. The van der Waals surface area contributed by atoms with Gasteiger partial charge in [0.2, 0.25) is 5.91 Å². The SMILES string of the molecule is N#Cc1ccc(NC2CCN(C(=O)CCN3CC4CN(c5ccc(Cl)cc5)CC4C3)CC2)cc1C(F)(F)F. The number of fused-ring (bicyclic) bond motifs is 1. The topological polar surface area (TPSA) is 62.6 Å². The lowest BCUT2D eigenvalue weighted by Crippen LogP contribution is -2.43. The van der Waals surface area contributed by atoms with Crippen LogP contribution in [0.5, 0.6) is 0 Å². The Bertz CT molecular complexity index is 1180. The molecule has 0 radical (unpaired) electrons. The quantitative estimate of drug-likeness (QED) is 0.548. The Morgan fingerprint density at radius 3 is 2.29 bits per heavy atom. The number of halogens is 4. The van der Waals surface area contributed by atoms with Gasteiger partial charge in [-0.1, -0.05) is 11.6 Å². The predicted octanol–water partition coefficient (Wildman–Crippen LogP) is 5.09. The fourth-order valence-electron chi connectivity index (χ4n) is 6.02. The smallest absolute Gasteiger partial charge is 0.382 e. The van der Waals surface area contributed by atoms with E-state index in [0.29, 0.717) is 49.9 Å². The molecule has 0 spiro atoms. The first-order valence-electron chi connectivity index (χ1n) is 13.1. The Morgan fingerprint density at radius 2 is 1.68 bits per heavy atom. The van der Waals surface area contributed by atoms with Crippen LogP contribution >= 0.6 is 11.6 Å². The number of benzene rings is 2. The number of carbonyl (C=O) groups is 1. The summed E-state index contributed by atoms with van der Waals surface area (Å²) in [7, 11) is 0. The number of hydrogen-bond acceptors (Lipinski definition) is 5. The molecule has 3 saturated heterocycles. The van der Waals surface area contributed by atoms with Crippen molar-refractivity contribution in [3.63, 3.8) is 0 Å². The number of likely N-dealkylation sites (tertiary alicyclic amines) is 2. The minimum atomic E-state index is -4.58. The van der Waals surface area contributed by atoms with E-state index in [1.54, 1.807) is 6.07 Å². The molecule has 0 saturated carbocycles. The third-order valence-corrected chi connectivity index (χ3v) is 8.31. The number of anilines is 2. The van der Waals surface area contributed by atoms with Crippen molar-refractivity contribution < 1.29 is 18.0 Å². The molecule has 3 heterocycles. The molecular formula is C28H31ClF3N5O. The van der Waals surface area contributed by atoms with Crippen LogP contribution in [0.3, 0.4) is 0 Å². The fourth-order valence-corrected chi connectivity index (χ4v) is 6.15. The van der Waals surface area contributed by atoms with Gasteiger partial charge in [-0.2, -0.15) is 18.4 Å². The van der Waals surface area contributed by atoms with Crippen molar-refractivity contribution in [2.45, 2.75) is 31.5 Å². The van der Waals surface area contributed by atoms with Crippen LogP contribution in [0.2, 0.25) is 5.02 Å². The molecule has 6 nitrogen and oxygen atoms in total. The second-order valence-electron chi connectivity index (χ2n) is 10.6. The van der Waals surface area contributed by atoms with Gasteiger partial charge < -0.3 is 20.0 Å². The highest BCUT2D eigenvalue weighted by Crippen LogP contribution is 2.35. The van der Waals surface area contributed by atoms with Crippen molar-refractivity contribution in [1.82, 2.24) is 9.80 Å². The molecule has 2 aromatic rings. The Balaban J connectivity index is 1.04. The third-order valence-electron chi connectivity index (χ3n) is 8.06. The van der Waals surface area contributed by atoms with Crippen LogP contribution in [0.15, 0.2) is 42.5 Å². The molecule has 3 aliphatic heterocycles. The summed E-state index contributed by atoms with van der Waals surface area (Å²) in [6.45, 7) is 6.01. The molecule has 1 amide bonds. The summed E-state index contributed by atoms with van der Waals surface area (Å²) in [5.74, 6) is 1.37. The largest absolute Gasteiger partial charge is 0.417 e. The van der Waals surface area contributed by atoms with Gasteiger partial charge in [0, 0.05) is 74.7 Å². The normalized spacial score (nSPS) is 22.4. The van der Waals surface area contributed by atoms with E-state index in [2.05, 4.69) is 27.2 Å². The van der Waals surface area contributed by atoms with Gasteiger partial charge >= 0.3 is 6.18 Å². The van der Waals surface area contributed by atoms with E-state index in [1.165, 1.54) is 17.8 Å². The summed E-state index contributed by atoms with van der Waals surface area (Å²) in [5, 5.41) is 12.9. The lowest BCUT2D eigenvalue weighted by molar-refractivity contribution is -0.137. The molecule has 202 valence electrons. The second kappa shape index (κ2) is 11.0. The number of carbonyl (C=O) groups excluding carboxylic acids is 1. The third kappa shape index (κ3) is 6.02. The number of amides is 1. The minimum absolute atomic E-state index is 0.0189. The molecular weight excluding hydrogens is 515 g/mol. The van der Waals surface area contributed by atoms with Crippen molar-refractivity contribution >= 4 is 28.9 Å². The van der Waals surface area contributed by atoms with Crippen LogP contribution < -0.4 is 10.2 Å².